The maximum atomic E-state index is 14.0. The van der Waals surface area contributed by atoms with Crippen LogP contribution >= 0.6 is 0 Å². The van der Waals surface area contributed by atoms with Crippen LogP contribution in [0.2, 0.25) is 0 Å². The van der Waals surface area contributed by atoms with E-state index in [1.54, 1.807) is 38.4 Å². The Bertz CT molecular complexity index is 1170. The predicted octanol–water partition coefficient (Wildman–Crippen LogP) is 3.86. The van der Waals surface area contributed by atoms with E-state index in [0.29, 0.717) is 17.3 Å². The Morgan fingerprint density at radius 3 is 2.44 bits per heavy atom. The summed E-state index contributed by atoms with van der Waals surface area (Å²) < 4.78 is 32.5. The van der Waals surface area contributed by atoms with Crippen LogP contribution in [0.1, 0.15) is 30.8 Å². The number of benzene rings is 1. The van der Waals surface area contributed by atoms with Crippen molar-refractivity contribution in [2.75, 3.05) is 18.5 Å². The summed E-state index contributed by atoms with van der Waals surface area (Å²) in [7, 11) is 0. The maximum absolute atomic E-state index is 14.0. The van der Waals surface area contributed by atoms with Gasteiger partial charge in [0.05, 0.1) is 30.2 Å². The Morgan fingerprint density at radius 1 is 1.12 bits per heavy atom. The first-order valence-corrected chi connectivity index (χ1v) is 10.1. The van der Waals surface area contributed by atoms with E-state index in [2.05, 4.69) is 15.3 Å². The lowest BCUT2D eigenvalue weighted by Gasteiger charge is -2.39. The number of nitrogens with zero attached hydrogens (tertiary/aromatic N) is 2. The summed E-state index contributed by atoms with van der Waals surface area (Å²) in [6.07, 6.45) is 3.30. The molecule has 3 heterocycles. The van der Waals surface area contributed by atoms with E-state index in [-0.39, 0.29) is 18.9 Å². The lowest BCUT2D eigenvalue weighted by Crippen LogP contribution is -2.56. The van der Waals surface area contributed by atoms with Crippen molar-refractivity contribution in [2.45, 2.75) is 31.8 Å². The number of halogens is 2. The van der Waals surface area contributed by atoms with Crippen molar-refractivity contribution >= 4 is 11.6 Å². The highest BCUT2D eigenvalue weighted by Gasteiger charge is 2.49. The Kier molecular flexibility index (Phi) is 5.52. The number of amides is 1. The van der Waals surface area contributed by atoms with Crippen LogP contribution in [0.25, 0.3) is 11.1 Å². The molecule has 3 aromatic rings. The van der Waals surface area contributed by atoms with Gasteiger partial charge in [-0.2, -0.15) is 0 Å². The number of ether oxygens (including phenoxy) is 1. The predicted molar refractivity (Wildman–Crippen MR) is 115 cm³/mol. The van der Waals surface area contributed by atoms with Gasteiger partial charge < -0.3 is 15.2 Å². The summed E-state index contributed by atoms with van der Waals surface area (Å²) in [5.41, 5.74) is 1.17. The second-order valence-electron chi connectivity index (χ2n) is 8.52. The number of carbonyl (C=O) groups excluding carboxylic acids is 1. The molecule has 0 unspecified atom stereocenters. The van der Waals surface area contributed by atoms with Gasteiger partial charge in [-0.15, -0.1) is 0 Å². The first-order valence-electron chi connectivity index (χ1n) is 10.1. The number of hydrogen-bond acceptors (Lipinski definition) is 5. The Balaban J connectivity index is 1.64. The number of carbonyl (C=O) groups is 1. The number of anilines is 1. The van der Waals surface area contributed by atoms with E-state index in [9.17, 15) is 18.7 Å². The molecule has 2 N–H and O–H groups in total. The third kappa shape index (κ3) is 3.99. The van der Waals surface area contributed by atoms with Crippen molar-refractivity contribution in [3.05, 3.63) is 77.4 Å². The van der Waals surface area contributed by atoms with Crippen LogP contribution in [0.5, 0.6) is 0 Å². The SMILES string of the molecule is Cc1cc(C(C)(C)O)c(-c2ccc(C3(C(=O)Nc4ccc(F)cc4F)COC3)nc2)cn1. The van der Waals surface area contributed by atoms with E-state index in [1.165, 1.54) is 6.07 Å². The summed E-state index contributed by atoms with van der Waals surface area (Å²) >= 11 is 0. The van der Waals surface area contributed by atoms with Crippen molar-refractivity contribution in [3.8, 4) is 11.1 Å². The third-order valence-electron chi connectivity index (χ3n) is 5.58. The molecular formula is C24H23F2N3O3. The van der Waals surface area contributed by atoms with Crippen LogP contribution in [0.4, 0.5) is 14.5 Å². The summed E-state index contributed by atoms with van der Waals surface area (Å²) in [5.74, 6) is -2.07. The largest absolute Gasteiger partial charge is 0.386 e. The van der Waals surface area contributed by atoms with Crippen LogP contribution in [-0.4, -0.2) is 34.2 Å². The Hall–Kier alpha value is -3.23. The molecule has 0 spiro atoms. The van der Waals surface area contributed by atoms with Crippen molar-refractivity contribution in [3.63, 3.8) is 0 Å². The van der Waals surface area contributed by atoms with Crippen LogP contribution in [0.15, 0.2) is 48.8 Å². The summed E-state index contributed by atoms with van der Waals surface area (Å²) in [6, 6.07) is 8.31. The topological polar surface area (TPSA) is 84.3 Å². The summed E-state index contributed by atoms with van der Waals surface area (Å²) in [4.78, 5) is 21.8. The number of pyridine rings is 2. The van der Waals surface area contributed by atoms with Gasteiger partial charge in [0.15, 0.2) is 0 Å². The monoisotopic (exact) mass is 439 g/mol. The minimum absolute atomic E-state index is 0.0923. The Morgan fingerprint density at radius 2 is 1.88 bits per heavy atom. The molecule has 0 atom stereocenters. The minimum Gasteiger partial charge on any atom is -0.386 e. The molecule has 1 aliphatic heterocycles. The number of nitrogens with one attached hydrogen (secondary N) is 1. The fourth-order valence-electron chi connectivity index (χ4n) is 3.67. The van der Waals surface area contributed by atoms with Crippen molar-refractivity contribution in [2.24, 2.45) is 0 Å². The van der Waals surface area contributed by atoms with Gasteiger partial charge in [0.1, 0.15) is 17.0 Å². The molecule has 4 rings (SSSR count). The van der Waals surface area contributed by atoms with Crippen LogP contribution in [0, 0.1) is 18.6 Å². The number of hydrogen-bond donors (Lipinski definition) is 2. The molecule has 1 aliphatic rings. The molecule has 166 valence electrons. The third-order valence-corrected chi connectivity index (χ3v) is 5.58. The lowest BCUT2D eigenvalue weighted by atomic mass is 9.80. The average Bonchev–Trinajstić information content (AvgIpc) is 2.69. The number of aryl methyl sites for hydroxylation is 1. The summed E-state index contributed by atoms with van der Waals surface area (Å²) in [5, 5.41) is 13.1. The van der Waals surface area contributed by atoms with E-state index in [4.69, 9.17) is 4.74 Å². The lowest BCUT2D eigenvalue weighted by molar-refractivity contribution is -0.140. The second-order valence-corrected chi connectivity index (χ2v) is 8.52. The smallest absolute Gasteiger partial charge is 0.241 e. The zero-order valence-electron chi connectivity index (χ0n) is 17.9. The van der Waals surface area contributed by atoms with Crippen LogP contribution in [0.3, 0.4) is 0 Å². The highest BCUT2D eigenvalue weighted by molar-refractivity contribution is 6.00. The van der Waals surface area contributed by atoms with Gasteiger partial charge in [0.2, 0.25) is 5.91 Å². The molecule has 1 fully saturated rings. The minimum atomic E-state index is -1.08. The van der Waals surface area contributed by atoms with Crippen molar-refractivity contribution in [1.29, 1.82) is 0 Å². The molecule has 0 saturated carbocycles. The normalized spacial score (nSPS) is 15.2. The molecule has 0 aliphatic carbocycles. The van der Waals surface area contributed by atoms with E-state index >= 15 is 0 Å². The molecule has 1 aromatic carbocycles. The maximum Gasteiger partial charge on any atom is 0.241 e. The molecule has 0 radical (unpaired) electrons. The van der Waals surface area contributed by atoms with Crippen molar-refractivity contribution in [1.82, 2.24) is 9.97 Å². The highest BCUT2D eigenvalue weighted by atomic mass is 19.1. The van der Waals surface area contributed by atoms with Gasteiger partial charge >= 0.3 is 0 Å². The van der Waals surface area contributed by atoms with Gasteiger partial charge in [0.25, 0.3) is 0 Å². The standard InChI is InChI=1S/C24H23F2N3O3/c1-14-8-18(23(2,3)31)17(11-27-14)15-4-7-21(28-10-15)24(12-32-13-24)22(30)29-20-6-5-16(25)9-19(20)26/h4-11,31H,12-13H2,1-3H3,(H,29,30). The molecule has 2 aromatic heterocycles. The molecule has 32 heavy (non-hydrogen) atoms. The molecular weight excluding hydrogens is 416 g/mol. The fraction of sp³-hybridized carbons (Fsp3) is 0.292. The van der Waals surface area contributed by atoms with Gasteiger partial charge in [-0.05, 0) is 50.6 Å². The molecule has 1 amide bonds. The quantitative estimate of drug-likeness (QED) is 0.631. The Labute approximate surface area is 184 Å². The molecule has 1 saturated heterocycles. The highest BCUT2D eigenvalue weighted by Crippen LogP contribution is 2.36. The van der Waals surface area contributed by atoms with Gasteiger partial charge in [-0.3, -0.25) is 14.8 Å². The summed E-state index contributed by atoms with van der Waals surface area (Å²) in [6.45, 7) is 5.44. The zero-order chi connectivity index (χ0) is 23.1. The zero-order valence-corrected chi connectivity index (χ0v) is 17.9. The second kappa shape index (κ2) is 8.03. The van der Waals surface area contributed by atoms with Gasteiger partial charge in [-0.1, -0.05) is 6.07 Å². The van der Waals surface area contributed by atoms with E-state index in [0.717, 1.165) is 22.9 Å². The first-order chi connectivity index (χ1) is 15.1. The number of rotatable bonds is 5. The number of aliphatic hydroxyl groups is 1. The molecule has 6 nitrogen and oxygen atoms in total. The van der Waals surface area contributed by atoms with Gasteiger partial charge in [0, 0.05) is 35.3 Å². The molecule has 8 heteroatoms. The molecule has 0 bridgehead atoms. The van der Waals surface area contributed by atoms with Gasteiger partial charge in [-0.25, -0.2) is 8.78 Å². The van der Waals surface area contributed by atoms with Crippen LogP contribution < -0.4 is 5.32 Å². The average molecular weight is 439 g/mol. The van der Waals surface area contributed by atoms with E-state index < -0.39 is 28.6 Å². The first kappa shape index (κ1) is 22.0. The van der Waals surface area contributed by atoms with Crippen LogP contribution in [-0.2, 0) is 20.5 Å². The van der Waals surface area contributed by atoms with Crippen molar-refractivity contribution < 1.29 is 23.4 Å². The van der Waals surface area contributed by atoms with E-state index in [1.807, 2.05) is 13.0 Å². The fourth-order valence-corrected chi connectivity index (χ4v) is 3.67. The number of aromatic nitrogens is 2.